The van der Waals surface area contributed by atoms with E-state index in [1.807, 2.05) is 6.08 Å². The average Bonchev–Trinajstić information content (AvgIpc) is 3.34. The number of carbonyl (C=O) groups excluding carboxylic acids is 2. The van der Waals surface area contributed by atoms with Crippen molar-refractivity contribution in [2.24, 2.45) is 0 Å². The number of aliphatic hydroxyl groups is 5. The zero-order valence-corrected chi connectivity index (χ0v) is 43.8. The fraction of sp³-hybridized carbons (Fsp3) is 0.793. The van der Waals surface area contributed by atoms with E-state index in [0.717, 1.165) is 96.3 Å². The smallest absolute Gasteiger partial charge is 0.305 e. The summed E-state index contributed by atoms with van der Waals surface area (Å²) in [6.07, 6.45) is 50.1. The summed E-state index contributed by atoms with van der Waals surface area (Å²) in [6, 6.07) is -0.848. The SMILES string of the molecule is CCCC/C=C\CCCCCCCC(=O)OCCCCCCCCC/C=C\CCCCCCCC(=O)NC(COC1OC(CO)C(O)C(O)C1O)C(O)/C=C/CC/C=C/CC/C=C/CCCCCC. The van der Waals surface area contributed by atoms with Crippen molar-refractivity contribution >= 4 is 11.9 Å². The van der Waals surface area contributed by atoms with Crippen LogP contribution in [0.15, 0.2) is 60.8 Å². The van der Waals surface area contributed by atoms with Crippen molar-refractivity contribution in [2.75, 3.05) is 19.8 Å². The number of hydrogen-bond acceptors (Lipinski definition) is 10. The largest absolute Gasteiger partial charge is 0.466 e. The normalized spacial score (nSPS) is 19.8. The highest BCUT2D eigenvalue weighted by Crippen LogP contribution is 2.23. The lowest BCUT2D eigenvalue weighted by atomic mass is 9.99. The highest BCUT2D eigenvalue weighted by molar-refractivity contribution is 5.76. The van der Waals surface area contributed by atoms with Crippen LogP contribution in [0.3, 0.4) is 0 Å². The number of aliphatic hydroxyl groups excluding tert-OH is 5. The molecule has 0 aromatic carbocycles. The molecule has 0 radical (unpaired) electrons. The standard InChI is InChI=1S/C58H103NO10/c1-3-5-7-9-11-13-15-16-21-25-28-32-36-40-44-51(61)50(49-68-58-57(66)56(65)55(64)52(48-60)69-58)59-53(62)45-41-37-33-29-26-22-19-17-18-20-23-27-31-35-39-43-47-67-54(63)46-42-38-34-30-24-14-12-10-8-6-4-2/h10,12-13,15,17,19,25,28,40,44,50-52,55-58,60-61,64-66H,3-9,11,14,16,18,20-24,26-27,29-39,41-43,45-49H2,1-2H3,(H,59,62)/b12-10-,15-13+,19-17-,28-25+,44-40+. The van der Waals surface area contributed by atoms with E-state index in [-0.39, 0.29) is 18.5 Å². The summed E-state index contributed by atoms with van der Waals surface area (Å²) in [6.45, 7) is 4.21. The second kappa shape index (κ2) is 47.7. The van der Waals surface area contributed by atoms with Crippen LogP contribution in [0.1, 0.15) is 232 Å². The molecule has 1 saturated heterocycles. The Morgan fingerprint density at radius 2 is 0.957 bits per heavy atom. The molecule has 69 heavy (non-hydrogen) atoms. The Balaban J connectivity index is 2.19. The summed E-state index contributed by atoms with van der Waals surface area (Å²) in [5, 5.41) is 54.3. The molecule has 0 bridgehead atoms. The Morgan fingerprint density at radius 1 is 0.522 bits per heavy atom. The van der Waals surface area contributed by atoms with E-state index in [9.17, 15) is 35.1 Å². The number of hydrogen-bond donors (Lipinski definition) is 6. The van der Waals surface area contributed by atoms with Gasteiger partial charge in [0.25, 0.3) is 0 Å². The van der Waals surface area contributed by atoms with Crippen molar-refractivity contribution in [3.8, 4) is 0 Å². The number of esters is 1. The Morgan fingerprint density at radius 3 is 1.48 bits per heavy atom. The highest BCUT2D eigenvalue weighted by Gasteiger charge is 2.44. The summed E-state index contributed by atoms with van der Waals surface area (Å²) in [5.74, 6) is -0.250. The highest BCUT2D eigenvalue weighted by atomic mass is 16.7. The van der Waals surface area contributed by atoms with Crippen LogP contribution in [-0.4, -0.2) is 100 Å². The number of rotatable bonds is 47. The van der Waals surface area contributed by atoms with Crippen LogP contribution in [-0.2, 0) is 23.8 Å². The van der Waals surface area contributed by atoms with Gasteiger partial charge in [-0.2, -0.15) is 0 Å². The van der Waals surface area contributed by atoms with Gasteiger partial charge >= 0.3 is 5.97 Å². The summed E-state index contributed by atoms with van der Waals surface area (Å²) in [4.78, 5) is 25.0. The van der Waals surface area contributed by atoms with Crippen LogP contribution < -0.4 is 5.32 Å². The van der Waals surface area contributed by atoms with Crippen LogP contribution in [0, 0.1) is 0 Å². The molecule has 11 nitrogen and oxygen atoms in total. The quantitative estimate of drug-likeness (QED) is 0.0196. The van der Waals surface area contributed by atoms with Gasteiger partial charge in [-0.25, -0.2) is 0 Å². The van der Waals surface area contributed by atoms with Gasteiger partial charge in [0.2, 0.25) is 5.91 Å². The molecule has 0 aromatic heterocycles. The third-order valence-electron chi connectivity index (χ3n) is 12.8. The van der Waals surface area contributed by atoms with Gasteiger partial charge in [0.15, 0.2) is 6.29 Å². The first-order chi connectivity index (χ1) is 33.7. The maximum absolute atomic E-state index is 13.0. The van der Waals surface area contributed by atoms with Crippen molar-refractivity contribution in [2.45, 2.75) is 275 Å². The first kappa shape index (κ1) is 64.4. The molecule has 400 valence electrons. The van der Waals surface area contributed by atoms with Crippen LogP contribution in [0.25, 0.3) is 0 Å². The second-order valence-electron chi connectivity index (χ2n) is 19.3. The van der Waals surface area contributed by atoms with Gasteiger partial charge in [-0.1, -0.05) is 177 Å². The molecule has 0 saturated carbocycles. The van der Waals surface area contributed by atoms with Gasteiger partial charge in [0.05, 0.1) is 32.0 Å². The Labute approximate surface area is 420 Å². The molecular formula is C58H103NO10. The summed E-state index contributed by atoms with van der Waals surface area (Å²) in [5.41, 5.74) is 0. The Kier molecular flexibility index (Phi) is 44.5. The summed E-state index contributed by atoms with van der Waals surface area (Å²) >= 11 is 0. The molecule has 7 atom stereocenters. The molecule has 1 rings (SSSR count). The Hall–Kier alpha value is -2.64. The summed E-state index contributed by atoms with van der Waals surface area (Å²) < 4.78 is 16.6. The fourth-order valence-corrected chi connectivity index (χ4v) is 8.26. The van der Waals surface area contributed by atoms with Crippen molar-refractivity contribution in [3.63, 3.8) is 0 Å². The number of unbranched alkanes of at least 4 members (excludes halogenated alkanes) is 25. The van der Waals surface area contributed by atoms with Gasteiger partial charge in [-0.05, 0) is 103 Å². The van der Waals surface area contributed by atoms with Crippen molar-refractivity contribution < 1.29 is 49.3 Å². The second-order valence-corrected chi connectivity index (χ2v) is 19.3. The monoisotopic (exact) mass is 974 g/mol. The first-order valence-corrected chi connectivity index (χ1v) is 28.1. The molecule has 0 aromatic rings. The van der Waals surface area contributed by atoms with Crippen LogP contribution in [0.2, 0.25) is 0 Å². The molecule has 1 fully saturated rings. The van der Waals surface area contributed by atoms with Gasteiger partial charge in [0, 0.05) is 12.8 Å². The van der Waals surface area contributed by atoms with Gasteiger partial charge in [0.1, 0.15) is 24.4 Å². The maximum Gasteiger partial charge on any atom is 0.305 e. The van der Waals surface area contributed by atoms with E-state index in [0.29, 0.717) is 25.9 Å². The lowest BCUT2D eigenvalue weighted by Gasteiger charge is -2.40. The molecule has 11 heteroatoms. The van der Waals surface area contributed by atoms with Crippen LogP contribution in [0.4, 0.5) is 0 Å². The van der Waals surface area contributed by atoms with E-state index >= 15 is 0 Å². The topological polar surface area (TPSA) is 175 Å². The molecule has 1 aliphatic rings. The molecule has 1 heterocycles. The maximum atomic E-state index is 13.0. The number of ether oxygens (including phenoxy) is 3. The van der Waals surface area contributed by atoms with E-state index in [4.69, 9.17) is 14.2 Å². The zero-order chi connectivity index (χ0) is 50.3. The van der Waals surface area contributed by atoms with E-state index in [1.54, 1.807) is 6.08 Å². The van der Waals surface area contributed by atoms with Gasteiger partial charge < -0.3 is 45.1 Å². The average molecular weight is 974 g/mol. The minimum atomic E-state index is -1.59. The van der Waals surface area contributed by atoms with E-state index in [2.05, 4.69) is 67.8 Å². The molecule has 0 aliphatic carbocycles. The molecule has 7 unspecified atom stereocenters. The summed E-state index contributed by atoms with van der Waals surface area (Å²) in [7, 11) is 0. The lowest BCUT2D eigenvalue weighted by Crippen LogP contribution is -2.60. The molecule has 1 amide bonds. The number of allylic oxidation sites excluding steroid dienone is 9. The first-order valence-electron chi connectivity index (χ1n) is 28.1. The molecule has 0 spiro atoms. The minimum Gasteiger partial charge on any atom is -0.466 e. The van der Waals surface area contributed by atoms with Crippen molar-refractivity contribution in [3.05, 3.63) is 60.8 Å². The Bertz CT molecular complexity index is 1330. The van der Waals surface area contributed by atoms with Crippen molar-refractivity contribution in [1.29, 1.82) is 0 Å². The third-order valence-corrected chi connectivity index (χ3v) is 12.8. The zero-order valence-electron chi connectivity index (χ0n) is 43.8. The lowest BCUT2D eigenvalue weighted by molar-refractivity contribution is -0.302. The van der Waals surface area contributed by atoms with Crippen LogP contribution >= 0.6 is 0 Å². The molecular weight excluding hydrogens is 871 g/mol. The fourth-order valence-electron chi connectivity index (χ4n) is 8.26. The minimum absolute atomic E-state index is 0.0342. The van der Waals surface area contributed by atoms with Crippen molar-refractivity contribution in [1.82, 2.24) is 5.32 Å². The predicted molar refractivity (Wildman–Crippen MR) is 283 cm³/mol. The van der Waals surface area contributed by atoms with E-state index in [1.165, 1.54) is 103 Å². The van der Waals surface area contributed by atoms with Crippen LogP contribution in [0.5, 0.6) is 0 Å². The van der Waals surface area contributed by atoms with Gasteiger partial charge in [-0.3, -0.25) is 9.59 Å². The molecule has 6 N–H and O–H groups in total. The predicted octanol–water partition coefficient (Wildman–Crippen LogP) is 12.3. The van der Waals surface area contributed by atoms with Gasteiger partial charge in [-0.15, -0.1) is 0 Å². The number of nitrogens with one attached hydrogen (secondary N) is 1. The van der Waals surface area contributed by atoms with E-state index < -0.39 is 49.5 Å². The number of amides is 1. The number of carbonyl (C=O) groups is 2. The molecule has 1 aliphatic heterocycles. The third kappa shape index (κ3) is 37.8.